The van der Waals surface area contributed by atoms with E-state index in [0.29, 0.717) is 0 Å². The molecule has 0 aromatic carbocycles. The van der Waals surface area contributed by atoms with Gasteiger partial charge in [-0.1, -0.05) is 12.1 Å². The maximum absolute atomic E-state index is 11.7. The summed E-state index contributed by atoms with van der Waals surface area (Å²) in [4.78, 5) is 15.7. The molecule has 0 bridgehead atoms. The largest absolute Gasteiger partial charge is 0.305 e. The Hall–Kier alpha value is -2.56. The van der Waals surface area contributed by atoms with Crippen LogP contribution >= 0.6 is 0 Å². The van der Waals surface area contributed by atoms with Crippen molar-refractivity contribution in [1.82, 2.24) is 10.4 Å². The van der Waals surface area contributed by atoms with E-state index in [-0.39, 0.29) is 12.5 Å². The van der Waals surface area contributed by atoms with Crippen molar-refractivity contribution < 1.29 is 9.36 Å². The molecule has 0 aliphatic heterocycles. The van der Waals surface area contributed by atoms with Gasteiger partial charge in [-0.2, -0.15) is 9.67 Å². The summed E-state index contributed by atoms with van der Waals surface area (Å²) in [5.74, 6) is -0.167. The first kappa shape index (κ1) is 12.9. The molecule has 5 heteroatoms. The summed E-state index contributed by atoms with van der Waals surface area (Å²) in [7, 11) is 0. The molecule has 1 amide bonds. The zero-order valence-electron chi connectivity index (χ0n) is 10.7. The third-order valence-corrected chi connectivity index (χ3v) is 2.53. The molecule has 0 saturated carbocycles. The highest BCUT2D eigenvalue weighted by atomic mass is 16.2. The molecule has 0 radical (unpaired) electrons. The van der Waals surface area contributed by atoms with Gasteiger partial charge in [-0.25, -0.2) is 5.43 Å². The van der Waals surface area contributed by atoms with E-state index in [1.807, 2.05) is 49.6 Å². The number of hydrazone groups is 1. The van der Waals surface area contributed by atoms with Gasteiger partial charge in [0.15, 0.2) is 12.4 Å². The molecule has 0 unspecified atom stereocenters. The van der Waals surface area contributed by atoms with Crippen molar-refractivity contribution in [3.63, 3.8) is 0 Å². The van der Waals surface area contributed by atoms with Crippen molar-refractivity contribution in [3.05, 3.63) is 60.7 Å². The van der Waals surface area contributed by atoms with E-state index in [1.54, 1.807) is 17.0 Å². The van der Waals surface area contributed by atoms with Crippen LogP contribution in [0.1, 0.15) is 12.5 Å². The molecule has 19 heavy (non-hydrogen) atoms. The summed E-state index contributed by atoms with van der Waals surface area (Å²) in [6.07, 6.45) is 7.06. The minimum Gasteiger partial charge on any atom is -0.266 e. The number of rotatable bonds is 4. The van der Waals surface area contributed by atoms with Crippen molar-refractivity contribution in [2.75, 3.05) is 0 Å². The highest BCUT2D eigenvalue weighted by Gasteiger charge is 2.07. The molecule has 2 aromatic rings. The van der Waals surface area contributed by atoms with Gasteiger partial charge in [0.25, 0.3) is 0 Å². The van der Waals surface area contributed by atoms with E-state index in [9.17, 15) is 4.79 Å². The fourth-order valence-electron chi connectivity index (χ4n) is 1.53. The monoisotopic (exact) mass is 255 g/mol. The Bertz CT molecular complexity index is 567. The number of hydrogen-bond donors (Lipinski definition) is 1. The van der Waals surface area contributed by atoms with Crippen LogP contribution in [0.25, 0.3) is 0 Å². The molecule has 0 aliphatic carbocycles. The molecule has 2 heterocycles. The summed E-state index contributed by atoms with van der Waals surface area (Å²) in [6, 6.07) is 9.37. The molecule has 0 atom stereocenters. The van der Waals surface area contributed by atoms with Crippen LogP contribution in [0.15, 0.2) is 60.2 Å². The van der Waals surface area contributed by atoms with Crippen LogP contribution in [0, 0.1) is 0 Å². The third-order valence-electron chi connectivity index (χ3n) is 2.53. The topological polar surface area (TPSA) is 58.2 Å². The average Bonchev–Trinajstić information content (AvgIpc) is 2.47. The van der Waals surface area contributed by atoms with Gasteiger partial charge in [-0.05, 0) is 13.0 Å². The SMILES string of the molecule is CC(=NNC(=O)C[n+]1ccccc1)c1cccnc1. The van der Waals surface area contributed by atoms with Gasteiger partial charge in [0, 0.05) is 30.1 Å². The van der Waals surface area contributed by atoms with Gasteiger partial charge < -0.3 is 0 Å². The highest BCUT2D eigenvalue weighted by molar-refractivity contribution is 5.98. The first-order valence-electron chi connectivity index (χ1n) is 5.93. The van der Waals surface area contributed by atoms with Gasteiger partial charge in [-0.3, -0.25) is 9.78 Å². The molecule has 5 nitrogen and oxygen atoms in total. The predicted octanol–water partition coefficient (Wildman–Crippen LogP) is 0.909. The van der Waals surface area contributed by atoms with Gasteiger partial charge in [0.05, 0.1) is 5.71 Å². The summed E-state index contributed by atoms with van der Waals surface area (Å²) in [5.41, 5.74) is 4.14. The van der Waals surface area contributed by atoms with E-state index >= 15 is 0 Å². The Kier molecular flexibility index (Phi) is 4.34. The Morgan fingerprint density at radius 3 is 2.79 bits per heavy atom. The number of pyridine rings is 2. The Labute approximate surface area is 111 Å². The number of aromatic nitrogens is 2. The van der Waals surface area contributed by atoms with E-state index in [4.69, 9.17) is 0 Å². The fourth-order valence-corrected chi connectivity index (χ4v) is 1.53. The summed E-state index contributed by atoms with van der Waals surface area (Å²) in [6.45, 7) is 2.07. The first-order chi connectivity index (χ1) is 9.25. The van der Waals surface area contributed by atoms with Gasteiger partial charge >= 0.3 is 5.91 Å². The van der Waals surface area contributed by atoms with E-state index < -0.39 is 0 Å². The quantitative estimate of drug-likeness (QED) is 0.501. The van der Waals surface area contributed by atoms with Crippen LogP contribution in [0.5, 0.6) is 0 Å². The Morgan fingerprint density at radius 1 is 1.32 bits per heavy atom. The van der Waals surface area contributed by atoms with Crippen LogP contribution < -0.4 is 9.99 Å². The maximum Gasteiger partial charge on any atom is 0.305 e. The number of nitrogens with one attached hydrogen (secondary N) is 1. The molecule has 0 saturated heterocycles. The lowest BCUT2D eigenvalue weighted by atomic mass is 10.2. The second-order valence-electron chi connectivity index (χ2n) is 4.02. The predicted molar refractivity (Wildman–Crippen MR) is 71.2 cm³/mol. The average molecular weight is 255 g/mol. The molecule has 0 spiro atoms. The minimum absolute atomic E-state index is 0.167. The smallest absolute Gasteiger partial charge is 0.266 e. The Balaban J connectivity index is 1.93. The molecule has 1 N–H and O–H groups in total. The van der Waals surface area contributed by atoms with Crippen molar-refractivity contribution >= 4 is 11.6 Å². The van der Waals surface area contributed by atoms with Crippen LogP contribution in [0.2, 0.25) is 0 Å². The van der Waals surface area contributed by atoms with Crippen LogP contribution in [0.4, 0.5) is 0 Å². The van der Waals surface area contributed by atoms with Gasteiger partial charge in [-0.15, -0.1) is 0 Å². The minimum atomic E-state index is -0.167. The summed E-state index contributed by atoms with van der Waals surface area (Å²) in [5, 5.41) is 4.05. The highest BCUT2D eigenvalue weighted by Crippen LogP contribution is 1.97. The zero-order chi connectivity index (χ0) is 13.5. The van der Waals surface area contributed by atoms with Gasteiger partial charge in [0.1, 0.15) is 0 Å². The lowest BCUT2D eigenvalue weighted by Crippen LogP contribution is -2.41. The number of carbonyl (C=O) groups excluding carboxylic acids is 1. The van der Waals surface area contributed by atoms with Crippen molar-refractivity contribution in [1.29, 1.82) is 0 Å². The van der Waals surface area contributed by atoms with Gasteiger partial charge in [0.2, 0.25) is 6.54 Å². The molecule has 96 valence electrons. The van der Waals surface area contributed by atoms with Crippen LogP contribution in [0.3, 0.4) is 0 Å². The second kappa shape index (κ2) is 6.39. The number of nitrogens with zero attached hydrogens (tertiary/aromatic N) is 3. The molecule has 2 rings (SSSR count). The van der Waals surface area contributed by atoms with Crippen molar-refractivity contribution in [2.45, 2.75) is 13.5 Å². The third kappa shape index (κ3) is 3.99. The number of carbonyl (C=O) groups is 1. The van der Waals surface area contributed by atoms with Crippen molar-refractivity contribution in [3.8, 4) is 0 Å². The molecule has 0 aliphatic rings. The van der Waals surface area contributed by atoms with Crippen LogP contribution in [-0.2, 0) is 11.3 Å². The molecular weight excluding hydrogens is 240 g/mol. The normalized spacial score (nSPS) is 11.1. The molecule has 0 fully saturated rings. The number of hydrogen-bond acceptors (Lipinski definition) is 3. The molecular formula is C14H15N4O+. The number of amides is 1. The maximum atomic E-state index is 11.7. The first-order valence-corrected chi connectivity index (χ1v) is 5.93. The lowest BCUT2D eigenvalue weighted by molar-refractivity contribution is -0.684. The van der Waals surface area contributed by atoms with E-state index in [1.165, 1.54) is 0 Å². The Morgan fingerprint density at radius 2 is 2.11 bits per heavy atom. The zero-order valence-corrected chi connectivity index (χ0v) is 10.7. The molecule has 2 aromatic heterocycles. The van der Waals surface area contributed by atoms with Crippen LogP contribution in [-0.4, -0.2) is 16.6 Å². The van der Waals surface area contributed by atoms with Crippen molar-refractivity contribution in [2.24, 2.45) is 5.10 Å². The van der Waals surface area contributed by atoms with E-state index in [2.05, 4.69) is 15.5 Å². The standard InChI is InChI=1S/C14H14N4O/c1-12(13-6-5-7-15-10-13)16-17-14(19)11-18-8-3-2-4-9-18/h2-10H,11H2,1H3/p+1. The van der Waals surface area contributed by atoms with E-state index in [0.717, 1.165) is 11.3 Å². The summed E-state index contributed by atoms with van der Waals surface area (Å²) >= 11 is 0. The lowest BCUT2D eigenvalue weighted by Gasteiger charge is -2.00. The second-order valence-corrected chi connectivity index (χ2v) is 4.02. The fraction of sp³-hybridized carbons (Fsp3) is 0.143. The summed E-state index contributed by atoms with van der Waals surface area (Å²) < 4.78 is 1.78.